The molecule has 5 heteroatoms. The fraction of sp³-hybridized carbons (Fsp3) is 0.556. The normalized spacial score (nSPS) is 10.6. The molecule has 0 fully saturated rings. The third kappa shape index (κ3) is 6.05. The van der Waals surface area contributed by atoms with E-state index in [2.05, 4.69) is 14.2 Å². The average molecular weight is 202 g/mol. The quantitative estimate of drug-likeness (QED) is 0.394. The van der Waals surface area contributed by atoms with E-state index in [1.807, 2.05) is 0 Å². The molecule has 0 amide bonds. The summed E-state index contributed by atoms with van der Waals surface area (Å²) in [5.41, 5.74) is 0. The van der Waals surface area contributed by atoms with E-state index in [4.69, 9.17) is 0 Å². The molecule has 0 aliphatic heterocycles. The van der Waals surface area contributed by atoms with Crippen LogP contribution in [0.1, 0.15) is 20.8 Å². The Hall–Kier alpha value is -1.52. The van der Waals surface area contributed by atoms with E-state index >= 15 is 0 Å². The van der Waals surface area contributed by atoms with Crippen molar-refractivity contribution in [1.29, 1.82) is 0 Å². The maximum Gasteiger partial charge on any atom is 0.513 e. The molecule has 0 aromatic rings. The zero-order valence-electron chi connectivity index (χ0n) is 8.53. The lowest BCUT2D eigenvalue weighted by molar-refractivity contribution is -0.137. The molecule has 0 atom stereocenters. The highest BCUT2D eigenvalue weighted by Gasteiger charge is 2.05. The Morgan fingerprint density at radius 3 is 2.21 bits per heavy atom. The Kier molecular flexibility index (Phi) is 6.19. The first kappa shape index (κ1) is 12.5. The first-order chi connectivity index (χ1) is 6.60. The van der Waals surface area contributed by atoms with Gasteiger partial charge >= 0.3 is 12.1 Å². The average Bonchev–Trinajstić information content (AvgIpc) is 2.03. The molecule has 0 unspecified atom stereocenters. The van der Waals surface area contributed by atoms with Crippen LogP contribution in [0.15, 0.2) is 11.8 Å². The highest BCUT2D eigenvalue weighted by molar-refractivity contribution is 5.82. The van der Waals surface area contributed by atoms with Crippen molar-refractivity contribution in [2.24, 2.45) is 0 Å². The number of esters is 1. The maximum atomic E-state index is 10.9. The summed E-state index contributed by atoms with van der Waals surface area (Å²) in [4.78, 5) is 21.6. The number of allylic oxidation sites excluding steroid dienone is 1. The molecule has 0 heterocycles. The SMILES string of the molecule is CCOC(=O)/C=C(/C)OC(=O)OCC. The summed E-state index contributed by atoms with van der Waals surface area (Å²) < 4.78 is 13.7. The van der Waals surface area contributed by atoms with Gasteiger partial charge < -0.3 is 14.2 Å². The predicted molar refractivity (Wildman–Crippen MR) is 48.5 cm³/mol. The van der Waals surface area contributed by atoms with Crippen LogP contribution < -0.4 is 0 Å². The lowest BCUT2D eigenvalue weighted by atomic mass is 10.5. The number of rotatable bonds is 4. The van der Waals surface area contributed by atoms with Gasteiger partial charge in [0.2, 0.25) is 0 Å². The van der Waals surface area contributed by atoms with Gasteiger partial charge in [0.1, 0.15) is 5.76 Å². The highest BCUT2D eigenvalue weighted by Crippen LogP contribution is 1.99. The fourth-order valence-electron chi connectivity index (χ4n) is 0.658. The number of carbonyl (C=O) groups excluding carboxylic acids is 2. The molecular formula is C9H14O5. The third-order valence-electron chi connectivity index (χ3n) is 1.11. The van der Waals surface area contributed by atoms with Crippen molar-refractivity contribution in [2.75, 3.05) is 13.2 Å². The van der Waals surface area contributed by atoms with E-state index in [9.17, 15) is 9.59 Å². The largest absolute Gasteiger partial charge is 0.513 e. The van der Waals surface area contributed by atoms with E-state index in [0.717, 1.165) is 6.08 Å². The maximum absolute atomic E-state index is 10.9. The predicted octanol–water partition coefficient (Wildman–Crippen LogP) is 1.63. The zero-order valence-corrected chi connectivity index (χ0v) is 8.53. The molecular weight excluding hydrogens is 188 g/mol. The Labute approximate surface area is 82.6 Å². The van der Waals surface area contributed by atoms with Crippen LogP contribution in [0, 0.1) is 0 Å². The molecule has 0 saturated heterocycles. The van der Waals surface area contributed by atoms with Crippen molar-refractivity contribution in [1.82, 2.24) is 0 Å². The van der Waals surface area contributed by atoms with Gasteiger partial charge in [0.25, 0.3) is 0 Å². The first-order valence-electron chi connectivity index (χ1n) is 4.29. The molecule has 0 aromatic carbocycles. The molecule has 0 aromatic heterocycles. The molecule has 0 rings (SSSR count). The van der Waals surface area contributed by atoms with Crippen LogP contribution in [0.4, 0.5) is 4.79 Å². The van der Waals surface area contributed by atoms with Crippen LogP contribution in [-0.2, 0) is 19.0 Å². The van der Waals surface area contributed by atoms with Gasteiger partial charge in [-0.05, 0) is 20.8 Å². The smallest absolute Gasteiger partial charge is 0.463 e. The standard InChI is InChI=1S/C9H14O5/c1-4-12-8(10)6-7(3)14-9(11)13-5-2/h6H,4-5H2,1-3H3/b7-6-. The molecule has 0 spiro atoms. The number of ether oxygens (including phenoxy) is 3. The van der Waals surface area contributed by atoms with Crippen LogP contribution in [0.25, 0.3) is 0 Å². The topological polar surface area (TPSA) is 61.8 Å². The van der Waals surface area contributed by atoms with Crippen molar-refractivity contribution in [3.05, 3.63) is 11.8 Å². The second-order valence-electron chi connectivity index (χ2n) is 2.29. The Morgan fingerprint density at radius 2 is 1.71 bits per heavy atom. The molecule has 0 aliphatic carbocycles. The van der Waals surface area contributed by atoms with Crippen molar-refractivity contribution in [3.63, 3.8) is 0 Å². The summed E-state index contributed by atoms with van der Waals surface area (Å²) in [6, 6.07) is 0. The summed E-state index contributed by atoms with van der Waals surface area (Å²) in [5, 5.41) is 0. The second kappa shape index (κ2) is 6.94. The van der Waals surface area contributed by atoms with E-state index < -0.39 is 12.1 Å². The molecule has 0 bridgehead atoms. The number of carbonyl (C=O) groups is 2. The highest BCUT2D eigenvalue weighted by atomic mass is 16.7. The lowest BCUT2D eigenvalue weighted by Crippen LogP contribution is -2.07. The second-order valence-corrected chi connectivity index (χ2v) is 2.29. The van der Waals surface area contributed by atoms with Crippen molar-refractivity contribution >= 4 is 12.1 Å². The Morgan fingerprint density at radius 1 is 1.14 bits per heavy atom. The Balaban J connectivity index is 3.99. The summed E-state index contributed by atoms with van der Waals surface area (Å²) >= 11 is 0. The number of hydrogen-bond acceptors (Lipinski definition) is 5. The van der Waals surface area contributed by atoms with Gasteiger partial charge in [-0.1, -0.05) is 0 Å². The van der Waals surface area contributed by atoms with Gasteiger partial charge in [-0.3, -0.25) is 0 Å². The van der Waals surface area contributed by atoms with Gasteiger partial charge in [-0.25, -0.2) is 9.59 Å². The summed E-state index contributed by atoms with van der Waals surface area (Å²) in [6.45, 7) is 5.32. The van der Waals surface area contributed by atoms with Crippen LogP contribution >= 0.6 is 0 Å². The minimum Gasteiger partial charge on any atom is -0.463 e. The third-order valence-corrected chi connectivity index (χ3v) is 1.11. The van der Waals surface area contributed by atoms with E-state index in [-0.39, 0.29) is 19.0 Å². The van der Waals surface area contributed by atoms with Gasteiger partial charge in [0.15, 0.2) is 0 Å². The Bertz CT molecular complexity index is 231. The van der Waals surface area contributed by atoms with Gasteiger partial charge in [-0.15, -0.1) is 0 Å². The van der Waals surface area contributed by atoms with Crippen molar-refractivity contribution in [2.45, 2.75) is 20.8 Å². The molecule has 0 saturated carbocycles. The fourth-order valence-corrected chi connectivity index (χ4v) is 0.658. The van der Waals surface area contributed by atoms with Crippen LogP contribution in [0.2, 0.25) is 0 Å². The summed E-state index contributed by atoms with van der Waals surface area (Å²) in [5.74, 6) is -0.406. The lowest BCUT2D eigenvalue weighted by Gasteiger charge is -2.03. The molecule has 14 heavy (non-hydrogen) atoms. The van der Waals surface area contributed by atoms with Gasteiger partial charge in [0.05, 0.1) is 19.3 Å². The summed E-state index contributed by atoms with van der Waals surface area (Å²) in [6.07, 6.45) is 0.256. The van der Waals surface area contributed by atoms with Crippen molar-refractivity contribution < 1.29 is 23.8 Å². The van der Waals surface area contributed by atoms with E-state index in [1.54, 1.807) is 13.8 Å². The van der Waals surface area contributed by atoms with Crippen molar-refractivity contribution in [3.8, 4) is 0 Å². The van der Waals surface area contributed by atoms with Gasteiger partial charge in [0, 0.05) is 0 Å². The van der Waals surface area contributed by atoms with E-state index in [0.29, 0.717) is 0 Å². The zero-order chi connectivity index (χ0) is 11.0. The molecule has 0 radical (unpaired) electrons. The molecule has 5 nitrogen and oxygen atoms in total. The van der Waals surface area contributed by atoms with Crippen LogP contribution in [0.3, 0.4) is 0 Å². The molecule has 80 valence electrons. The van der Waals surface area contributed by atoms with Crippen LogP contribution in [-0.4, -0.2) is 25.3 Å². The summed E-state index contributed by atoms with van der Waals surface area (Å²) in [7, 11) is 0. The minimum absolute atomic E-state index is 0.141. The monoisotopic (exact) mass is 202 g/mol. The number of hydrogen-bond donors (Lipinski definition) is 0. The molecule has 0 N–H and O–H groups in total. The minimum atomic E-state index is -0.828. The first-order valence-corrected chi connectivity index (χ1v) is 4.29. The van der Waals surface area contributed by atoms with E-state index in [1.165, 1.54) is 6.92 Å². The van der Waals surface area contributed by atoms with Crippen LogP contribution in [0.5, 0.6) is 0 Å². The van der Waals surface area contributed by atoms with Gasteiger partial charge in [-0.2, -0.15) is 0 Å². The molecule has 0 aliphatic rings.